The molecule has 0 aliphatic carbocycles. The Morgan fingerprint density at radius 2 is 1.82 bits per heavy atom. The zero-order valence-corrected chi connectivity index (χ0v) is 5.75. The molecule has 64 valence electrons. The van der Waals surface area contributed by atoms with Crippen LogP contribution in [0.4, 0.5) is 0 Å². The minimum Gasteiger partial charge on any atom is -0.387 e. The molecule has 1 unspecified atom stereocenters. The van der Waals surface area contributed by atoms with Crippen molar-refractivity contribution in [1.82, 2.24) is 0 Å². The van der Waals surface area contributed by atoms with Crippen LogP contribution in [0.25, 0.3) is 0 Å². The van der Waals surface area contributed by atoms with Gasteiger partial charge in [-0.1, -0.05) is 0 Å². The smallest absolute Gasteiger partial charge is 0.184 e. The Hall–Kier alpha value is -0.200. The van der Waals surface area contributed by atoms with Crippen LogP contribution in [0.15, 0.2) is 0 Å². The van der Waals surface area contributed by atoms with Crippen LogP contribution in [0.1, 0.15) is 0 Å². The largest absolute Gasteiger partial charge is 0.387 e. The summed E-state index contributed by atoms with van der Waals surface area (Å²) in [6.07, 6.45) is -4.35. The summed E-state index contributed by atoms with van der Waals surface area (Å²) < 4.78 is 9.82. The maximum atomic E-state index is 9.28. The fourth-order valence-electron chi connectivity index (χ4n) is 1.46. The third kappa shape index (κ3) is 0.969. The molecule has 0 aromatic rings. The van der Waals surface area contributed by atoms with Gasteiger partial charge in [0.2, 0.25) is 0 Å². The number of fused-ring (bicyclic) bond motifs is 2. The van der Waals surface area contributed by atoms with Gasteiger partial charge in [-0.15, -0.1) is 0 Å². The Kier molecular flexibility index (Phi) is 1.62. The van der Waals surface area contributed by atoms with Crippen molar-refractivity contribution in [2.45, 2.75) is 30.7 Å². The van der Waals surface area contributed by atoms with Crippen molar-refractivity contribution in [3.63, 3.8) is 0 Å². The lowest BCUT2D eigenvalue weighted by Gasteiger charge is -2.31. The Balaban J connectivity index is 2.16. The van der Waals surface area contributed by atoms with Crippen LogP contribution in [0, 0.1) is 0 Å². The standard InChI is InChI=1S/C6H10O5/c7-3-2-1-10-5(3)4(8)6(9)11-2/h2-9H,1H2/t2-,3+,4+,5+,6?/m0/s1. The van der Waals surface area contributed by atoms with Crippen molar-refractivity contribution < 1.29 is 24.8 Å². The first-order valence-electron chi connectivity index (χ1n) is 3.51. The lowest BCUT2D eigenvalue weighted by Crippen LogP contribution is -2.52. The molecular weight excluding hydrogens is 152 g/mol. The van der Waals surface area contributed by atoms with Gasteiger partial charge in [0, 0.05) is 0 Å². The first-order valence-corrected chi connectivity index (χ1v) is 3.51. The second-order valence-corrected chi connectivity index (χ2v) is 2.84. The van der Waals surface area contributed by atoms with Gasteiger partial charge in [-0.05, 0) is 0 Å². The van der Waals surface area contributed by atoms with Crippen molar-refractivity contribution >= 4 is 0 Å². The molecular formula is C6H10O5. The van der Waals surface area contributed by atoms with Crippen LogP contribution in [-0.4, -0.2) is 52.6 Å². The highest BCUT2D eigenvalue weighted by Gasteiger charge is 2.49. The van der Waals surface area contributed by atoms with E-state index in [9.17, 15) is 10.2 Å². The molecule has 2 aliphatic heterocycles. The molecule has 5 nitrogen and oxygen atoms in total. The number of hydrogen-bond acceptors (Lipinski definition) is 5. The van der Waals surface area contributed by atoms with E-state index in [1.54, 1.807) is 0 Å². The van der Waals surface area contributed by atoms with E-state index < -0.39 is 30.7 Å². The number of ether oxygens (including phenoxy) is 2. The summed E-state index contributed by atoms with van der Waals surface area (Å²) in [7, 11) is 0. The van der Waals surface area contributed by atoms with Crippen molar-refractivity contribution in [2.75, 3.05) is 6.61 Å². The molecule has 2 heterocycles. The van der Waals surface area contributed by atoms with Crippen LogP contribution in [0.3, 0.4) is 0 Å². The van der Waals surface area contributed by atoms with E-state index in [0.717, 1.165) is 0 Å². The SMILES string of the molecule is OC1O[C@H]2CO[C@H]([C@@H]2O)[C@H]1O. The molecule has 2 rings (SSSR count). The van der Waals surface area contributed by atoms with Gasteiger partial charge in [-0.25, -0.2) is 0 Å². The predicted octanol–water partition coefficient (Wildman–Crippen LogP) is -2.18. The number of aliphatic hydroxyl groups is 3. The third-order valence-corrected chi connectivity index (χ3v) is 2.11. The molecule has 2 fully saturated rings. The molecule has 0 radical (unpaired) electrons. The highest BCUT2D eigenvalue weighted by atomic mass is 16.7. The maximum absolute atomic E-state index is 9.28. The van der Waals surface area contributed by atoms with E-state index in [1.807, 2.05) is 0 Å². The maximum Gasteiger partial charge on any atom is 0.184 e. The lowest BCUT2D eigenvalue weighted by atomic mass is 10.0. The summed E-state index contributed by atoms with van der Waals surface area (Å²) in [6, 6.07) is 0. The normalized spacial score (nSPS) is 56.5. The Bertz CT molecular complexity index is 161. The zero-order valence-electron chi connectivity index (χ0n) is 5.75. The van der Waals surface area contributed by atoms with E-state index in [-0.39, 0.29) is 6.61 Å². The van der Waals surface area contributed by atoms with Crippen LogP contribution in [0.5, 0.6) is 0 Å². The van der Waals surface area contributed by atoms with Gasteiger partial charge in [0.15, 0.2) is 6.29 Å². The molecule has 11 heavy (non-hydrogen) atoms. The predicted molar refractivity (Wildman–Crippen MR) is 32.6 cm³/mol. The van der Waals surface area contributed by atoms with Gasteiger partial charge in [0.05, 0.1) is 6.61 Å². The van der Waals surface area contributed by atoms with Crippen LogP contribution < -0.4 is 0 Å². The monoisotopic (exact) mass is 162 g/mol. The van der Waals surface area contributed by atoms with Crippen LogP contribution in [-0.2, 0) is 9.47 Å². The van der Waals surface area contributed by atoms with Crippen LogP contribution >= 0.6 is 0 Å². The second kappa shape index (κ2) is 2.40. The minimum atomic E-state index is -1.23. The Labute approximate surface area is 63.2 Å². The van der Waals surface area contributed by atoms with Crippen molar-refractivity contribution in [2.24, 2.45) is 0 Å². The molecule has 0 spiro atoms. The van der Waals surface area contributed by atoms with Gasteiger partial charge < -0.3 is 24.8 Å². The Morgan fingerprint density at radius 1 is 1.09 bits per heavy atom. The van der Waals surface area contributed by atoms with Gasteiger partial charge in [0.25, 0.3) is 0 Å². The molecule has 0 aromatic carbocycles. The summed E-state index contributed by atoms with van der Waals surface area (Å²) in [6.45, 7) is 0.236. The van der Waals surface area contributed by atoms with E-state index in [0.29, 0.717) is 0 Å². The quantitative estimate of drug-likeness (QED) is 0.377. The average Bonchev–Trinajstić information content (AvgIpc) is 2.23. The number of aliphatic hydroxyl groups excluding tert-OH is 3. The van der Waals surface area contributed by atoms with Crippen molar-refractivity contribution in [3.05, 3.63) is 0 Å². The molecule has 0 saturated carbocycles. The summed E-state index contributed by atoms with van der Waals surface area (Å²) in [5, 5.41) is 27.5. The first kappa shape index (κ1) is 7.45. The van der Waals surface area contributed by atoms with Gasteiger partial charge in [-0.2, -0.15) is 0 Å². The minimum absolute atomic E-state index is 0.236. The highest BCUT2D eigenvalue weighted by Crippen LogP contribution is 2.28. The molecule has 3 N–H and O–H groups in total. The van der Waals surface area contributed by atoms with Crippen LogP contribution in [0.2, 0.25) is 0 Å². The molecule has 2 saturated heterocycles. The average molecular weight is 162 g/mol. The molecule has 2 bridgehead atoms. The zero-order chi connectivity index (χ0) is 8.01. The summed E-state index contributed by atoms with van der Waals surface area (Å²) in [4.78, 5) is 0. The van der Waals surface area contributed by atoms with Gasteiger partial charge >= 0.3 is 0 Å². The summed E-state index contributed by atoms with van der Waals surface area (Å²) in [5.74, 6) is 0. The Morgan fingerprint density at radius 3 is 2.55 bits per heavy atom. The molecule has 5 heteroatoms. The fraction of sp³-hybridized carbons (Fsp3) is 1.00. The first-order chi connectivity index (χ1) is 5.20. The fourth-order valence-corrected chi connectivity index (χ4v) is 1.46. The second-order valence-electron chi connectivity index (χ2n) is 2.84. The third-order valence-electron chi connectivity index (χ3n) is 2.11. The summed E-state index contributed by atoms with van der Waals surface area (Å²) in [5.41, 5.74) is 0. The van der Waals surface area contributed by atoms with Gasteiger partial charge in [-0.3, -0.25) is 0 Å². The van der Waals surface area contributed by atoms with Gasteiger partial charge in [0.1, 0.15) is 24.4 Å². The highest BCUT2D eigenvalue weighted by molar-refractivity contribution is 4.94. The topological polar surface area (TPSA) is 79.2 Å². The molecule has 0 amide bonds. The van der Waals surface area contributed by atoms with E-state index in [1.165, 1.54) is 0 Å². The van der Waals surface area contributed by atoms with E-state index >= 15 is 0 Å². The molecule has 0 aromatic heterocycles. The lowest BCUT2D eigenvalue weighted by molar-refractivity contribution is -0.242. The van der Waals surface area contributed by atoms with E-state index in [4.69, 9.17) is 14.6 Å². The molecule has 2 aliphatic rings. The number of rotatable bonds is 0. The summed E-state index contributed by atoms with van der Waals surface area (Å²) >= 11 is 0. The number of hydrogen-bond donors (Lipinski definition) is 3. The van der Waals surface area contributed by atoms with E-state index in [2.05, 4.69) is 0 Å². The molecule has 5 atom stereocenters. The van der Waals surface area contributed by atoms with Crippen molar-refractivity contribution in [1.29, 1.82) is 0 Å². The van der Waals surface area contributed by atoms with Crippen molar-refractivity contribution in [3.8, 4) is 0 Å².